The molecule has 2 amide bonds. The minimum atomic E-state index is -0.289. The molecule has 0 radical (unpaired) electrons. The number of benzene rings is 3. The number of rotatable bonds is 7. The zero-order valence-electron chi connectivity index (χ0n) is 18.9. The number of aromatic nitrogens is 1. The van der Waals surface area contributed by atoms with Gasteiger partial charge in [-0.25, -0.2) is 4.98 Å². The lowest BCUT2D eigenvalue weighted by atomic mass is 10.0. The van der Waals surface area contributed by atoms with Crippen molar-refractivity contribution < 1.29 is 14.3 Å². The van der Waals surface area contributed by atoms with Crippen molar-refractivity contribution in [1.82, 2.24) is 4.98 Å². The number of hydrogen-bond donors (Lipinski definition) is 2. The zero-order chi connectivity index (χ0) is 23.8. The molecule has 0 aliphatic heterocycles. The number of carbonyl (C=O) groups excluding carboxylic acids is 2. The second-order valence-corrected chi connectivity index (χ2v) is 9.73. The van der Waals surface area contributed by atoms with Gasteiger partial charge >= 0.3 is 0 Å². The van der Waals surface area contributed by atoms with Crippen molar-refractivity contribution in [2.45, 2.75) is 19.3 Å². The Morgan fingerprint density at radius 3 is 2.69 bits per heavy atom. The van der Waals surface area contributed by atoms with Gasteiger partial charge in [-0.3, -0.25) is 14.9 Å². The molecular formula is C28H23N3O3S. The number of thiazole rings is 1. The number of fused-ring (bicyclic) bond motifs is 3. The van der Waals surface area contributed by atoms with E-state index in [1.165, 1.54) is 33.6 Å². The van der Waals surface area contributed by atoms with Crippen LogP contribution in [-0.4, -0.2) is 23.4 Å². The molecule has 1 heterocycles. The van der Waals surface area contributed by atoms with E-state index < -0.39 is 0 Å². The van der Waals surface area contributed by atoms with Crippen molar-refractivity contribution in [3.05, 3.63) is 83.2 Å². The standard InChI is InChI=1S/C28H23N3O3S/c32-26(15-34-22-6-3-5-21(14-22)29-27(33)17-8-9-17)31-28-30-25(16-35-28)19-10-11-24-20(13-19)12-18-4-1-2-7-23(18)24/h1-7,10-11,13-14,16-17H,8-9,12,15H2,(H,29,33)(H,30,31,32). The number of hydrogen-bond acceptors (Lipinski definition) is 5. The molecule has 1 aromatic heterocycles. The van der Waals surface area contributed by atoms with Crippen LogP contribution in [0.3, 0.4) is 0 Å². The van der Waals surface area contributed by atoms with Crippen LogP contribution in [0.4, 0.5) is 10.8 Å². The summed E-state index contributed by atoms with van der Waals surface area (Å²) in [7, 11) is 0. The largest absolute Gasteiger partial charge is 0.484 e. The Labute approximate surface area is 207 Å². The Morgan fingerprint density at radius 2 is 1.80 bits per heavy atom. The third kappa shape index (κ3) is 4.68. The van der Waals surface area contributed by atoms with Gasteiger partial charge in [0, 0.05) is 28.6 Å². The molecule has 174 valence electrons. The predicted octanol–water partition coefficient (Wildman–Crippen LogP) is 5.75. The second-order valence-electron chi connectivity index (χ2n) is 8.87. The summed E-state index contributed by atoms with van der Waals surface area (Å²) in [6, 6.07) is 22.0. The van der Waals surface area contributed by atoms with E-state index in [0.29, 0.717) is 16.6 Å². The molecule has 4 aromatic rings. The molecule has 0 atom stereocenters. The smallest absolute Gasteiger partial charge is 0.264 e. The van der Waals surface area contributed by atoms with Crippen molar-refractivity contribution in [1.29, 1.82) is 0 Å². The summed E-state index contributed by atoms with van der Waals surface area (Å²) in [6.45, 7) is -0.147. The maximum atomic E-state index is 12.4. The summed E-state index contributed by atoms with van der Waals surface area (Å²) in [6.07, 6.45) is 2.82. The fourth-order valence-electron chi connectivity index (χ4n) is 4.33. The second kappa shape index (κ2) is 9.00. The molecule has 6 rings (SSSR count). The molecule has 35 heavy (non-hydrogen) atoms. The number of ether oxygens (including phenoxy) is 1. The minimum Gasteiger partial charge on any atom is -0.484 e. The highest BCUT2D eigenvalue weighted by molar-refractivity contribution is 7.14. The van der Waals surface area contributed by atoms with Crippen LogP contribution in [0.5, 0.6) is 5.75 Å². The summed E-state index contributed by atoms with van der Waals surface area (Å²) < 4.78 is 5.62. The third-order valence-corrected chi connectivity index (χ3v) is 7.02. The Kier molecular flexibility index (Phi) is 5.54. The van der Waals surface area contributed by atoms with Crippen LogP contribution < -0.4 is 15.4 Å². The molecule has 1 saturated carbocycles. The Bertz CT molecular complexity index is 1440. The van der Waals surface area contributed by atoms with Gasteiger partial charge in [0.05, 0.1) is 5.69 Å². The van der Waals surface area contributed by atoms with Crippen LogP contribution >= 0.6 is 11.3 Å². The first-order valence-electron chi connectivity index (χ1n) is 11.6. The highest BCUT2D eigenvalue weighted by Crippen LogP contribution is 2.38. The maximum absolute atomic E-state index is 12.4. The van der Waals surface area contributed by atoms with Gasteiger partial charge in [-0.2, -0.15) is 0 Å². The Morgan fingerprint density at radius 1 is 0.943 bits per heavy atom. The summed E-state index contributed by atoms with van der Waals surface area (Å²) in [5.41, 5.74) is 7.77. The summed E-state index contributed by atoms with van der Waals surface area (Å²) in [5, 5.41) is 8.18. The summed E-state index contributed by atoms with van der Waals surface area (Å²) in [5.74, 6) is 0.393. The lowest BCUT2D eigenvalue weighted by Gasteiger charge is -2.09. The molecule has 0 bridgehead atoms. The molecular weight excluding hydrogens is 458 g/mol. The van der Waals surface area contributed by atoms with Gasteiger partial charge in [0.15, 0.2) is 11.7 Å². The van der Waals surface area contributed by atoms with E-state index >= 15 is 0 Å². The molecule has 0 spiro atoms. The van der Waals surface area contributed by atoms with Crippen molar-refractivity contribution in [2.24, 2.45) is 5.92 Å². The van der Waals surface area contributed by atoms with Crippen molar-refractivity contribution in [3.8, 4) is 28.1 Å². The number of nitrogens with one attached hydrogen (secondary N) is 2. The normalized spacial score (nSPS) is 13.6. The lowest BCUT2D eigenvalue weighted by molar-refractivity contribution is -0.118. The average Bonchev–Trinajstić information content (AvgIpc) is 3.52. The molecule has 7 heteroatoms. The Hall–Kier alpha value is -3.97. The number of nitrogens with zero attached hydrogens (tertiary/aromatic N) is 1. The molecule has 0 saturated heterocycles. The van der Waals surface area contributed by atoms with Gasteiger partial charge < -0.3 is 10.1 Å². The third-order valence-electron chi connectivity index (χ3n) is 6.26. The van der Waals surface area contributed by atoms with Gasteiger partial charge in [0.1, 0.15) is 5.75 Å². The highest BCUT2D eigenvalue weighted by atomic mass is 32.1. The molecule has 1 fully saturated rings. The van der Waals surface area contributed by atoms with Crippen LogP contribution in [0.25, 0.3) is 22.4 Å². The molecule has 2 N–H and O–H groups in total. The van der Waals surface area contributed by atoms with Gasteiger partial charge in [-0.05, 0) is 59.7 Å². The van der Waals surface area contributed by atoms with E-state index in [1.807, 2.05) is 11.4 Å². The monoisotopic (exact) mass is 481 g/mol. The van der Waals surface area contributed by atoms with Gasteiger partial charge in [0.2, 0.25) is 5.91 Å². The van der Waals surface area contributed by atoms with Gasteiger partial charge in [0.25, 0.3) is 5.91 Å². The van der Waals surface area contributed by atoms with Crippen molar-refractivity contribution in [2.75, 3.05) is 17.2 Å². The minimum absolute atomic E-state index is 0.0346. The molecule has 3 aromatic carbocycles. The predicted molar refractivity (Wildman–Crippen MR) is 138 cm³/mol. The number of amides is 2. The summed E-state index contributed by atoms with van der Waals surface area (Å²) in [4.78, 5) is 29.0. The first-order chi connectivity index (χ1) is 17.1. The van der Waals surface area contributed by atoms with Crippen LogP contribution in [-0.2, 0) is 16.0 Å². The van der Waals surface area contributed by atoms with Crippen molar-refractivity contribution >= 4 is 34.0 Å². The number of anilines is 2. The number of carbonyl (C=O) groups is 2. The fourth-order valence-corrected chi connectivity index (χ4v) is 5.06. The van der Waals surface area contributed by atoms with Crippen molar-refractivity contribution in [3.63, 3.8) is 0 Å². The van der Waals surface area contributed by atoms with E-state index in [4.69, 9.17) is 4.74 Å². The average molecular weight is 482 g/mol. The van der Waals surface area contributed by atoms with Gasteiger partial charge in [-0.1, -0.05) is 42.5 Å². The molecule has 2 aliphatic rings. The SMILES string of the molecule is O=C(COc1cccc(NC(=O)C2CC2)c1)Nc1nc(-c2ccc3c(c2)Cc2ccccc2-3)cs1. The summed E-state index contributed by atoms with van der Waals surface area (Å²) >= 11 is 1.39. The first-order valence-corrected chi connectivity index (χ1v) is 12.5. The molecule has 6 nitrogen and oxygen atoms in total. The van der Waals surface area contributed by atoms with Crippen LogP contribution in [0, 0.1) is 5.92 Å². The zero-order valence-corrected chi connectivity index (χ0v) is 19.7. The fraction of sp³-hybridized carbons (Fsp3) is 0.179. The Balaban J connectivity index is 1.06. The lowest BCUT2D eigenvalue weighted by Crippen LogP contribution is -2.20. The van der Waals surface area contributed by atoms with Gasteiger partial charge in [-0.15, -0.1) is 11.3 Å². The van der Waals surface area contributed by atoms with E-state index in [2.05, 4.69) is 58.1 Å². The molecule has 2 aliphatic carbocycles. The van der Waals surface area contributed by atoms with E-state index in [1.54, 1.807) is 18.2 Å². The van der Waals surface area contributed by atoms with Crippen LogP contribution in [0.1, 0.15) is 24.0 Å². The van der Waals surface area contributed by atoms with E-state index in [-0.39, 0.29) is 24.3 Å². The maximum Gasteiger partial charge on any atom is 0.264 e. The highest BCUT2D eigenvalue weighted by Gasteiger charge is 2.29. The van der Waals surface area contributed by atoms with E-state index in [0.717, 1.165) is 30.5 Å². The van der Waals surface area contributed by atoms with Crippen LogP contribution in [0.15, 0.2) is 72.1 Å². The van der Waals surface area contributed by atoms with E-state index in [9.17, 15) is 9.59 Å². The topological polar surface area (TPSA) is 80.3 Å². The quantitative estimate of drug-likeness (QED) is 0.310. The first kappa shape index (κ1) is 21.6. The van der Waals surface area contributed by atoms with Crippen LogP contribution in [0.2, 0.25) is 0 Å². The molecule has 0 unspecified atom stereocenters.